The van der Waals surface area contributed by atoms with Crippen LogP contribution in [-0.2, 0) is 6.54 Å². The Morgan fingerprint density at radius 1 is 1.19 bits per heavy atom. The maximum Gasteiger partial charge on any atom is 0.0217 e. The van der Waals surface area contributed by atoms with Crippen LogP contribution in [0, 0.1) is 0 Å². The van der Waals surface area contributed by atoms with E-state index in [9.17, 15) is 0 Å². The number of nitrogens with one attached hydrogen (secondary N) is 2. The van der Waals surface area contributed by atoms with Crippen LogP contribution >= 0.6 is 11.8 Å². The molecule has 1 rings (SSSR count). The van der Waals surface area contributed by atoms with Crippen LogP contribution in [-0.4, -0.2) is 25.4 Å². The molecule has 90 valence electrons. The zero-order chi connectivity index (χ0) is 11.8. The molecule has 0 heterocycles. The van der Waals surface area contributed by atoms with Gasteiger partial charge in [-0.15, -0.1) is 11.8 Å². The molecule has 0 amide bonds. The fourth-order valence-corrected chi connectivity index (χ4v) is 2.14. The van der Waals surface area contributed by atoms with Crippen LogP contribution in [0.2, 0.25) is 0 Å². The van der Waals surface area contributed by atoms with E-state index in [1.54, 1.807) is 0 Å². The molecular weight excluding hydrogens is 216 g/mol. The highest BCUT2D eigenvalue weighted by Gasteiger charge is 1.99. The normalized spacial score (nSPS) is 11.0. The van der Waals surface area contributed by atoms with Gasteiger partial charge in [0.2, 0.25) is 0 Å². The average molecular weight is 238 g/mol. The van der Waals surface area contributed by atoms with Gasteiger partial charge in [-0.1, -0.05) is 32.0 Å². The molecule has 0 fully saturated rings. The van der Waals surface area contributed by atoms with Crippen LogP contribution in [0.3, 0.4) is 0 Å². The van der Waals surface area contributed by atoms with Gasteiger partial charge < -0.3 is 10.6 Å². The molecule has 0 aliphatic heterocycles. The summed E-state index contributed by atoms with van der Waals surface area (Å²) < 4.78 is 0. The van der Waals surface area contributed by atoms with Crippen molar-refractivity contribution in [3.05, 3.63) is 29.8 Å². The summed E-state index contributed by atoms with van der Waals surface area (Å²) in [6.07, 6.45) is 2.12. The third kappa shape index (κ3) is 5.01. The number of hydrogen-bond acceptors (Lipinski definition) is 3. The minimum absolute atomic E-state index is 0.570. The Hall–Kier alpha value is -0.510. The average Bonchev–Trinajstić information content (AvgIpc) is 2.29. The number of rotatable bonds is 7. The number of hydrogen-bond donors (Lipinski definition) is 2. The number of benzene rings is 1. The van der Waals surface area contributed by atoms with Crippen LogP contribution in [0.4, 0.5) is 0 Å². The Kier molecular flexibility index (Phi) is 6.53. The van der Waals surface area contributed by atoms with Crippen molar-refractivity contribution in [2.24, 2.45) is 0 Å². The molecule has 0 unspecified atom stereocenters. The second-order valence-corrected chi connectivity index (χ2v) is 4.95. The Balaban J connectivity index is 2.26. The first kappa shape index (κ1) is 13.6. The molecule has 0 atom stereocenters. The molecule has 1 aromatic carbocycles. The van der Waals surface area contributed by atoms with E-state index in [0.29, 0.717) is 6.04 Å². The van der Waals surface area contributed by atoms with Gasteiger partial charge in [0.25, 0.3) is 0 Å². The summed E-state index contributed by atoms with van der Waals surface area (Å²) in [7, 11) is 0. The first-order chi connectivity index (χ1) is 7.74. The van der Waals surface area contributed by atoms with E-state index in [4.69, 9.17) is 0 Å². The molecule has 1 aromatic rings. The van der Waals surface area contributed by atoms with Gasteiger partial charge in [-0.3, -0.25) is 0 Å². The Bertz CT molecular complexity index is 300. The Morgan fingerprint density at radius 3 is 2.62 bits per heavy atom. The summed E-state index contributed by atoms with van der Waals surface area (Å²) in [4.78, 5) is 1.37. The maximum absolute atomic E-state index is 3.46. The molecule has 0 radical (unpaired) electrons. The van der Waals surface area contributed by atoms with Crippen molar-refractivity contribution in [3.63, 3.8) is 0 Å². The topological polar surface area (TPSA) is 24.1 Å². The second-order valence-electron chi connectivity index (χ2n) is 4.10. The predicted octanol–water partition coefficient (Wildman–Crippen LogP) is 2.50. The van der Waals surface area contributed by atoms with Gasteiger partial charge in [0.05, 0.1) is 0 Å². The van der Waals surface area contributed by atoms with Crippen LogP contribution in [0.25, 0.3) is 0 Å². The van der Waals surface area contributed by atoms with Crippen LogP contribution in [0.15, 0.2) is 29.2 Å². The third-order valence-electron chi connectivity index (χ3n) is 2.36. The van der Waals surface area contributed by atoms with Crippen molar-refractivity contribution in [1.82, 2.24) is 10.6 Å². The molecule has 3 heteroatoms. The van der Waals surface area contributed by atoms with Crippen LogP contribution < -0.4 is 10.6 Å². The lowest BCUT2D eigenvalue weighted by atomic mass is 10.2. The van der Waals surface area contributed by atoms with Gasteiger partial charge in [-0.25, -0.2) is 0 Å². The first-order valence-electron chi connectivity index (χ1n) is 5.80. The van der Waals surface area contributed by atoms with E-state index < -0.39 is 0 Å². The Labute approximate surface area is 103 Å². The predicted molar refractivity (Wildman–Crippen MR) is 73.1 cm³/mol. The molecule has 2 N–H and O–H groups in total. The lowest BCUT2D eigenvalue weighted by Crippen LogP contribution is -2.31. The highest BCUT2D eigenvalue weighted by atomic mass is 32.2. The largest absolute Gasteiger partial charge is 0.313 e. The summed E-state index contributed by atoms with van der Waals surface area (Å²) in [5.41, 5.74) is 1.39. The summed E-state index contributed by atoms with van der Waals surface area (Å²) in [6, 6.07) is 9.13. The van der Waals surface area contributed by atoms with Crippen LogP contribution in [0.1, 0.15) is 19.4 Å². The zero-order valence-corrected chi connectivity index (χ0v) is 11.2. The van der Waals surface area contributed by atoms with Crippen LogP contribution in [0.5, 0.6) is 0 Å². The van der Waals surface area contributed by atoms with Gasteiger partial charge in [-0.2, -0.15) is 0 Å². The zero-order valence-electron chi connectivity index (χ0n) is 10.4. The lowest BCUT2D eigenvalue weighted by molar-refractivity contribution is 0.554. The summed E-state index contributed by atoms with van der Waals surface area (Å²) in [6.45, 7) is 7.34. The van der Waals surface area contributed by atoms with E-state index >= 15 is 0 Å². The first-order valence-corrected chi connectivity index (χ1v) is 7.02. The quantitative estimate of drug-likeness (QED) is 0.564. The smallest absolute Gasteiger partial charge is 0.0217 e. The highest BCUT2D eigenvalue weighted by Crippen LogP contribution is 2.19. The van der Waals surface area contributed by atoms with E-state index in [1.807, 2.05) is 11.8 Å². The van der Waals surface area contributed by atoms with E-state index in [0.717, 1.165) is 19.6 Å². The van der Waals surface area contributed by atoms with Crippen molar-refractivity contribution in [2.45, 2.75) is 31.3 Å². The van der Waals surface area contributed by atoms with Crippen molar-refractivity contribution >= 4 is 11.8 Å². The highest BCUT2D eigenvalue weighted by molar-refractivity contribution is 7.98. The van der Waals surface area contributed by atoms with E-state index in [2.05, 4.69) is 55.0 Å². The minimum atomic E-state index is 0.570. The van der Waals surface area contributed by atoms with Gasteiger partial charge in [0.15, 0.2) is 0 Å². The molecular formula is C13H22N2S. The third-order valence-corrected chi connectivity index (χ3v) is 3.20. The van der Waals surface area contributed by atoms with Gasteiger partial charge in [0, 0.05) is 30.6 Å². The molecule has 0 aliphatic rings. The van der Waals surface area contributed by atoms with Crippen molar-refractivity contribution < 1.29 is 0 Å². The molecule has 0 bridgehead atoms. The number of thioether (sulfide) groups is 1. The fraction of sp³-hybridized carbons (Fsp3) is 0.538. The van der Waals surface area contributed by atoms with Crippen molar-refractivity contribution in [3.8, 4) is 0 Å². The molecule has 0 aromatic heterocycles. The van der Waals surface area contributed by atoms with E-state index in [1.165, 1.54) is 10.5 Å². The molecule has 0 saturated heterocycles. The van der Waals surface area contributed by atoms with Crippen molar-refractivity contribution in [2.75, 3.05) is 19.3 Å². The Morgan fingerprint density at radius 2 is 1.94 bits per heavy atom. The molecule has 2 nitrogen and oxygen atoms in total. The molecule has 0 saturated carbocycles. The van der Waals surface area contributed by atoms with Crippen molar-refractivity contribution in [1.29, 1.82) is 0 Å². The second kappa shape index (κ2) is 7.71. The maximum atomic E-state index is 3.46. The summed E-state index contributed by atoms with van der Waals surface area (Å²) >= 11 is 1.81. The standard InChI is InChI=1S/C13H22N2S/c1-11(2)15-9-8-14-10-12-6-4-5-7-13(12)16-3/h4-7,11,14-15H,8-10H2,1-3H3. The summed E-state index contributed by atoms with van der Waals surface area (Å²) in [5, 5.41) is 6.85. The SMILES string of the molecule is CSc1ccccc1CNCCNC(C)C. The molecule has 0 aliphatic carbocycles. The fourth-order valence-electron chi connectivity index (χ4n) is 1.52. The van der Waals surface area contributed by atoms with Gasteiger partial charge >= 0.3 is 0 Å². The molecule has 0 spiro atoms. The lowest BCUT2D eigenvalue weighted by Gasteiger charge is -2.10. The molecule has 16 heavy (non-hydrogen) atoms. The minimum Gasteiger partial charge on any atom is -0.313 e. The van der Waals surface area contributed by atoms with Gasteiger partial charge in [-0.05, 0) is 17.9 Å². The summed E-state index contributed by atoms with van der Waals surface area (Å²) in [5.74, 6) is 0. The monoisotopic (exact) mass is 238 g/mol. The van der Waals surface area contributed by atoms with E-state index in [-0.39, 0.29) is 0 Å². The van der Waals surface area contributed by atoms with Gasteiger partial charge in [0.1, 0.15) is 0 Å².